The van der Waals surface area contributed by atoms with E-state index in [2.05, 4.69) is 57.1 Å². The van der Waals surface area contributed by atoms with Gasteiger partial charge in [-0.25, -0.2) is 4.98 Å². The van der Waals surface area contributed by atoms with Crippen LogP contribution in [0, 0.1) is 13.8 Å². The number of alkyl halides is 1. The molecule has 0 atom stereocenters. The van der Waals surface area contributed by atoms with E-state index in [1.54, 1.807) is 11.3 Å². The first-order chi connectivity index (χ1) is 9.31. The normalized spacial score (nSPS) is 11.9. The summed E-state index contributed by atoms with van der Waals surface area (Å²) >= 11 is 7.52. The zero-order valence-corrected chi connectivity index (χ0v) is 14.5. The molecule has 1 aromatic heterocycles. The van der Waals surface area contributed by atoms with Gasteiger partial charge in [0.25, 0.3) is 0 Å². The van der Waals surface area contributed by atoms with Crippen LogP contribution in [0.1, 0.15) is 53.7 Å². The number of thiazole rings is 1. The highest BCUT2D eigenvalue weighted by Crippen LogP contribution is 2.28. The highest BCUT2D eigenvalue weighted by atomic mass is 35.5. The Bertz CT molecular complexity index is 585. The molecule has 20 heavy (non-hydrogen) atoms. The highest BCUT2D eigenvalue weighted by molar-refractivity contribution is 7.09. The van der Waals surface area contributed by atoms with Crippen LogP contribution in [0.3, 0.4) is 0 Å². The van der Waals surface area contributed by atoms with Crippen molar-refractivity contribution < 1.29 is 0 Å². The number of aromatic nitrogens is 1. The molecule has 108 valence electrons. The summed E-state index contributed by atoms with van der Waals surface area (Å²) in [7, 11) is 0. The minimum atomic E-state index is 0.195. The van der Waals surface area contributed by atoms with Gasteiger partial charge in [0.05, 0.1) is 16.6 Å². The maximum absolute atomic E-state index is 5.82. The van der Waals surface area contributed by atoms with Gasteiger partial charge in [-0.2, -0.15) is 0 Å². The minimum absolute atomic E-state index is 0.195. The lowest BCUT2D eigenvalue weighted by Gasteiger charge is -2.22. The summed E-state index contributed by atoms with van der Waals surface area (Å²) in [5, 5.41) is 3.20. The second-order valence-electron chi connectivity index (χ2n) is 6.38. The van der Waals surface area contributed by atoms with Crippen LogP contribution < -0.4 is 0 Å². The van der Waals surface area contributed by atoms with Gasteiger partial charge in [0, 0.05) is 11.8 Å². The molecule has 3 heteroatoms. The molecule has 0 N–H and O–H groups in total. The van der Waals surface area contributed by atoms with Crippen LogP contribution >= 0.6 is 22.9 Å². The zero-order valence-electron chi connectivity index (χ0n) is 12.9. The number of aryl methyl sites for hydroxylation is 2. The van der Waals surface area contributed by atoms with Crippen molar-refractivity contribution in [3.8, 4) is 0 Å². The lowest BCUT2D eigenvalue weighted by molar-refractivity contribution is 0.589. The first kappa shape index (κ1) is 15.5. The average Bonchev–Trinajstić information content (AvgIpc) is 2.80. The van der Waals surface area contributed by atoms with Crippen molar-refractivity contribution in [3.63, 3.8) is 0 Å². The molecule has 0 spiro atoms. The molecule has 0 saturated heterocycles. The number of rotatable bonds is 3. The molecule has 0 unspecified atom stereocenters. The summed E-state index contributed by atoms with van der Waals surface area (Å²) in [6.07, 6.45) is 0.906. The van der Waals surface area contributed by atoms with Gasteiger partial charge in [-0.1, -0.05) is 32.9 Å². The summed E-state index contributed by atoms with van der Waals surface area (Å²) in [6.45, 7) is 11.2. The van der Waals surface area contributed by atoms with Crippen molar-refractivity contribution in [1.29, 1.82) is 0 Å². The van der Waals surface area contributed by atoms with E-state index in [1.165, 1.54) is 22.3 Å². The quantitative estimate of drug-likeness (QED) is 0.693. The van der Waals surface area contributed by atoms with Crippen LogP contribution in [0.15, 0.2) is 17.5 Å². The number of halogens is 1. The Hall–Kier alpha value is -0.860. The van der Waals surface area contributed by atoms with Crippen LogP contribution in [0.4, 0.5) is 0 Å². The van der Waals surface area contributed by atoms with Crippen LogP contribution in [0.25, 0.3) is 0 Å². The van der Waals surface area contributed by atoms with Gasteiger partial charge in [0.2, 0.25) is 0 Å². The minimum Gasteiger partial charge on any atom is -0.245 e. The van der Waals surface area contributed by atoms with Crippen molar-refractivity contribution >= 4 is 22.9 Å². The van der Waals surface area contributed by atoms with Gasteiger partial charge in [0.15, 0.2) is 0 Å². The second-order valence-corrected chi connectivity index (χ2v) is 7.59. The first-order valence-corrected chi connectivity index (χ1v) is 8.32. The van der Waals surface area contributed by atoms with Gasteiger partial charge in [-0.3, -0.25) is 0 Å². The molecule has 2 rings (SSSR count). The lowest BCUT2D eigenvalue weighted by Crippen LogP contribution is -2.12. The van der Waals surface area contributed by atoms with Crippen molar-refractivity contribution in [2.75, 3.05) is 0 Å². The first-order valence-electron chi connectivity index (χ1n) is 6.91. The van der Waals surface area contributed by atoms with Crippen LogP contribution in [-0.2, 0) is 17.7 Å². The van der Waals surface area contributed by atoms with E-state index < -0.39 is 0 Å². The largest absolute Gasteiger partial charge is 0.245 e. The molecule has 0 aliphatic rings. The molecule has 0 fully saturated rings. The van der Waals surface area contributed by atoms with Gasteiger partial charge >= 0.3 is 0 Å². The molecule has 0 saturated carbocycles. The summed E-state index contributed by atoms with van der Waals surface area (Å²) in [5.41, 5.74) is 6.69. The SMILES string of the molecule is Cc1cc(C(C)(C)C)cc(C)c1Cc1nc(CCl)cs1. The number of hydrogen-bond acceptors (Lipinski definition) is 2. The molecule has 1 aromatic carbocycles. The average molecular weight is 308 g/mol. The number of hydrogen-bond donors (Lipinski definition) is 0. The Morgan fingerprint density at radius 3 is 2.20 bits per heavy atom. The lowest BCUT2D eigenvalue weighted by atomic mass is 9.83. The van der Waals surface area contributed by atoms with Gasteiger partial charge in [-0.05, 0) is 41.5 Å². The molecule has 0 aliphatic carbocycles. The topological polar surface area (TPSA) is 12.9 Å². The van der Waals surface area contributed by atoms with Crippen molar-refractivity contribution in [3.05, 3.63) is 50.5 Å². The highest BCUT2D eigenvalue weighted by Gasteiger charge is 2.16. The Labute approximate surface area is 131 Å². The Morgan fingerprint density at radius 2 is 1.75 bits per heavy atom. The fourth-order valence-corrected chi connectivity index (χ4v) is 3.38. The Balaban J connectivity index is 2.33. The van der Waals surface area contributed by atoms with Crippen LogP contribution in [0.5, 0.6) is 0 Å². The summed E-state index contributed by atoms with van der Waals surface area (Å²) < 4.78 is 0. The monoisotopic (exact) mass is 307 g/mol. The Kier molecular flexibility index (Phi) is 4.55. The third kappa shape index (κ3) is 3.42. The van der Waals surface area contributed by atoms with Crippen LogP contribution in [-0.4, -0.2) is 4.98 Å². The Morgan fingerprint density at radius 1 is 1.15 bits per heavy atom. The second kappa shape index (κ2) is 5.87. The van der Waals surface area contributed by atoms with E-state index in [0.29, 0.717) is 5.88 Å². The van der Waals surface area contributed by atoms with Crippen molar-refractivity contribution in [1.82, 2.24) is 4.98 Å². The number of benzene rings is 1. The van der Waals surface area contributed by atoms with E-state index in [0.717, 1.165) is 17.1 Å². The zero-order chi connectivity index (χ0) is 14.9. The summed E-state index contributed by atoms with van der Waals surface area (Å²) in [6, 6.07) is 4.64. The molecule has 1 heterocycles. The molecule has 0 bridgehead atoms. The van der Waals surface area contributed by atoms with Crippen molar-refractivity contribution in [2.24, 2.45) is 0 Å². The molecule has 2 aromatic rings. The van der Waals surface area contributed by atoms with Crippen molar-refractivity contribution in [2.45, 2.75) is 52.3 Å². The smallest absolute Gasteiger partial charge is 0.0972 e. The molecular formula is C17H22ClNS. The third-order valence-corrected chi connectivity index (χ3v) is 4.80. The van der Waals surface area contributed by atoms with E-state index in [1.807, 2.05) is 0 Å². The molecule has 0 radical (unpaired) electrons. The fraction of sp³-hybridized carbons (Fsp3) is 0.471. The van der Waals surface area contributed by atoms with Crippen LogP contribution in [0.2, 0.25) is 0 Å². The standard InChI is InChI=1S/C17H22ClNS/c1-11-6-13(17(3,4)5)7-12(2)15(11)8-16-19-14(9-18)10-20-16/h6-7,10H,8-9H2,1-5H3. The van der Waals surface area contributed by atoms with Gasteiger partial charge < -0.3 is 0 Å². The molecule has 0 amide bonds. The summed E-state index contributed by atoms with van der Waals surface area (Å²) in [4.78, 5) is 4.56. The number of nitrogens with zero attached hydrogens (tertiary/aromatic N) is 1. The summed E-state index contributed by atoms with van der Waals surface area (Å²) in [5.74, 6) is 0.497. The molecule has 0 aliphatic heterocycles. The molecular weight excluding hydrogens is 286 g/mol. The predicted octanol–water partition coefficient (Wildman–Crippen LogP) is 5.39. The van der Waals surface area contributed by atoms with E-state index in [4.69, 9.17) is 11.6 Å². The maximum Gasteiger partial charge on any atom is 0.0972 e. The molecule has 1 nitrogen and oxygen atoms in total. The predicted molar refractivity (Wildman–Crippen MR) is 89.1 cm³/mol. The van der Waals surface area contributed by atoms with Gasteiger partial charge in [-0.15, -0.1) is 22.9 Å². The van der Waals surface area contributed by atoms with E-state index >= 15 is 0 Å². The van der Waals surface area contributed by atoms with E-state index in [-0.39, 0.29) is 5.41 Å². The third-order valence-electron chi connectivity index (χ3n) is 3.63. The van der Waals surface area contributed by atoms with Gasteiger partial charge in [0.1, 0.15) is 0 Å². The maximum atomic E-state index is 5.82. The fourth-order valence-electron chi connectivity index (χ4n) is 2.35. The van der Waals surface area contributed by atoms with E-state index in [9.17, 15) is 0 Å².